The number of nitrogens with zero attached hydrogens (tertiary/aromatic N) is 1. The number of carbonyl (C=O) groups excluding carboxylic acids is 1. The van der Waals surface area contributed by atoms with Crippen LogP contribution in [0.3, 0.4) is 0 Å². The van der Waals surface area contributed by atoms with Crippen molar-refractivity contribution in [3.63, 3.8) is 0 Å². The highest BCUT2D eigenvalue weighted by molar-refractivity contribution is 6.11. The summed E-state index contributed by atoms with van der Waals surface area (Å²) in [4.78, 5) is 14.1. The molecule has 3 aromatic carbocycles. The molecule has 0 atom stereocenters. The number of ketones is 1. The first-order valence-electron chi connectivity index (χ1n) is 14.9. The number of aromatic nitrogens is 1. The van der Waals surface area contributed by atoms with Crippen molar-refractivity contribution in [1.82, 2.24) is 4.57 Å². The van der Waals surface area contributed by atoms with E-state index in [2.05, 4.69) is 68.8 Å². The highest BCUT2D eigenvalue weighted by Crippen LogP contribution is 2.69. The number of hydrogen-bond acceptors (Lipinski definition) is 4. The second kappa shape index (κ2) is 11.0. The van der Waals surface area contributed by atoms with Crippen molar-refractivity contribution in [1.29, 1.82) is 0 Å². The molecule has 2 aliphatic rings. The zero-order valence-corrected chi connectivity index (χ0v) is 24.7. The van der Waals surface area contributed by atoms with Gasteiger partial charge < -0.3 is 18.8 Å². The van der Waals surface area contributed by atoms with E-state index in [0.717, 1.165) is 60.2 Å². The quantitative estimate of drug-likeness (QED) is 0.187. The molecule has 0 radical (unpaired) electrons. The van der Waals surface area contributed by atoms with Gasteiger partial charge in [0.05, 0.1) is 5.52 Å². The van der Waals surface area contributed by atoms with E-state index in [9.17, 15) is 4.79 Å². The predicted octanol–water partition coefficient (Wildman–Crippen LogP) is 8.09. The van der Waals surface area contributed by atoms with Gasteiger partial charge in [0.15, 0.2) is 17.3 Å². The van der Waals surface area contributed by atoms with Gasteiger partial charge in [0, 0.05) is 48.9 Å². The van der Waals surface area contributed by atoms with E-state index in [1.807, 2.05) is 42.5 Å². The van der Waals surface area contributed by atoms with Crippen LogP contribution in [0.4, 0.5) is 0 Å². The van der Waals surface area contributed by atoms with Crippen molar-refractivity contribution in [2.45, 2.75) is 60.3 Å². The van der Waals surface area contributed by atoms with E-state index in [1.165, 1.54) is 0 Å². The molecule has 214 valence electrons. The molecule has 0 bridgehead atoms. The molecule has 5 heteroatoms. The fourth-order valence-corrected chi connectivity index (χ4v) is 6.56. The van der Waals surface area contributed by atoms with Gasteiger partial charge in [-0.15, -0.1) is 0 Å². The van der Waals surface area contributed by atoms with Crippen molar-refractivity contribution in [2.75, 3.05) is 13.2 Å². The topological polar surface area (TPSA) is 49.7 Å². The minimum atomic E-state index is -0.0371. The van der Waals surface area contributed by atoms with Gasteiger partial charge in [-0.2, -0.15) is 0 Å². The number of ether oxygens (including phenoxy) is 3. The Bertz CT molecular complexity index is 1500. The standard InChI is InChI=1S/C36H41NO4/c1-35(2)34(36(35,3)4)33(38)29-22-37(21-25-15-17-39-18-16-25)30-20-32(41-24-27-13-9-6-10-14-27)31(19-28(29)30)40-23-26-11-7-5-8-12-26/h5-14,19-20,22,25,34H,15-18,21,23-24H2,1-4H3. The molecule has 1 aliphatic heterocycles. The van der Waals surface area contributed by atoms with E-state index in [-0.39, 0.29) is 22.5 Å². The molecule has 2 heterocycles. The Morgan fingerprint density at radius 2 is 1.37 bits per heavy atom. The molecule has 0 unspecified atom stereocenters. The van der Waals surface area contributed by atoms with Crippen LogP contribution in [0.15, 0.2) is 79.0 Å². The number of fused-ring (bicyclic) bond motifs is 1. The van der Waals surface area contributed by atoms with Gasteiger partial charge in [-0.25, -0.2) is 0 Å². The van der Waals surface area contributed by atoms with Crippen molar-refractivity contribution >= 4 is 16.7 Å². The first-order chi connectivity index (χ1) is 19.8. The van der Waals surface area contributed by atoms with E-state index < -0.39 is 0 Å². The number of hydrogen-bond donors (Lipinski definition) is 0. The second-order valence-electron chi connectivity index (χ2n) is 12.9. The van der Waals surface area contributed by atoms with Crippen molar-refractivity contribution < 1.29 is 19.0 Å². The first-order valence-corrected chi connectivity index (χ1v) is 14.9. The van der Waals surface area contributed by atoms with Gasteiger partial charge in [0.2, 0.25) is 0 Å². The van der Waals surface area contributed by atoms with Crippen molar-refractivity contribution in [3.05, 3.63) is 95.7 Å². The normalized spacial score (nSPS) is 18.3. The summed E-state index contributed by atoms with van der Waals surface area (Å²) < 4.78 is 20.7. The second-order valence-corrected chi connectivity index (χ2v) is 12.9. The van der Waals surface area contributed by atoms with Crippen LogP contribution in [0.2, 0.25) is 0 Å². The summed E-state index contributed by atoms with van der Waals surface area (Å²) >= 11 is 0. The lowest BCUT2D eigenvalue weighted by atomic mass is 10.0. The zero-order valence-electron chi connectivity index (χ0n) is 24.7. The maximum absolute atomic E-state index is 14.1. The van der Waals surface area contributed by atoms with Crippen LogP contribution >= 0.6 is 0 Å². The van der Waals surface area contributed by atoms with Crippen LogP contribution in [0.1, 0.15) is 62.0 Å². The summed E-state index contributed by atoms with van der Waals surface area (Å²) in [5, 5.41) is 0.940. The molecule has 0 spiro atoms. The van der Waals surface area contributed by atoms with Crippen LogP contribution in [0.25, 0.3) is 10.9 Å². The van der Waals surface area contributed by atoms with Gasteiger partial charge in [0.1, 0.15) is 13.2 Å². The van der Waals surface area contributed by atoms with E-state index in [1.54, 1.807) is 0 Å². The molecular weight excluding hydrogens is 510 g/mol. The van der Waals surface area contributed by atoms with Crippen molar-refractivity contribution in [2.24, 2.45) is 22.7 Å². The Balaban J connectivity index is 1.41. The molecule has 41 heavy (non-hydrogen) atoms. The fourth-order valence-electron chi connectivity index (χ4n) is 6.56. The van der Waals surface area contributed by atoms with Crippen molar-refractivity contribution in [3.8, 4) is 11.5 Å². The van der Waals surface area contributed by atoms with Crippen LogP contribution < -0.4 is 9.47 Å². The lowest BCUT2D eigenvalue weighted by Gasteiger charge is -2.23. The molecule has 1 saturated carbocycles. The molecule has 4 aromatic rings. The first kappa shape index (κ1) is 27.6. The predicted molar refractivity (Wildman–Crippen MR) is 162 cm³/mol. The van der Waals surface area contributed by atoms with Crippen LogP contribution in [0, 0.1) is 22.7 Å². The largest absolute Gasteiger partial charge is 0.485 e. The Labute approximate surface area is 243 Å². The lowest BCUT2D eigenvalue weighted by Crippen LogP contribution is -2.20. The fraction of sp³-hybridized carbons (Fsp3) is 0.417. The summed E-state index contributed by atoms with van der Waals surface area (Å²) in [7, 11) is 0. The SMILES string of the molecule is CC1(C)C(C(=O)c2cn(CC3CCOCC3)c3cc(OCc4ccccc4)c(OCc4ccccc4)cc23)C1(C)C. The monoisotopic (exact) mass is 551 g/mol. The van der Waals surface area contributed by atoms with Gasteiger partial charge >= 0.3 is 0 Å². The zero-order chi connectivity index (χ0) is 28.6. The average molecular weight is 552 g/mol. The minimum Gasteiger partial charge on any atom is -0.485 e. The van der Waals surface area contributed by atoms with Crippen LogP contribution in [-0.2, 0) is 24.5 Å². The van der Waals surface area contributed by atoms with Gasteiger partial charge in [-0.1, -0.05) is 88.4 Å². The Morgan fingerprint density at radius 1 is 0.829 bits per heavy atom. The summed E-state index contributed by atoms with van der Waals surface area (Å²) in [6, 6.07) is 24.4. The molecule has 1 aromatic heterocycles. The van der Waals surface area contributed by atoms with Crippen LogP contribution in [-0.4, -0.2) is 23.6 Å². The highest BCUT2D eigenvalue weighted by atomic mass is 16.5. The summed E-state index contributed by atoms with van der Waals surface area (Å²) in [6.45, 7) is 12.1. The van der Waals surface area contributed by atoms with E-state index >= 15 is 0 Å². The molecule has 6 rings (SSSR count). The Hall–Kier alpha value is -3.57. The Kier molecular flexibility index (Phi) is 7.41. The highest BCUT2D eigenvalue weighted by Gasteiger charge is 2.68. The van der Waals surface area contributed by atoms with Crippen LogP contribution in [0.5, 0.6) is 11.5 Å². The lowest BCUT2D eigenvalue weighted by molar-refractivity contribution is 0.0616. The molecule has 5 nitrogen and oxygen atoms in total. The molecule has 1 saturated heterocycles. The molecule has 2 fully saturated rings. The smallest absolute Gasteiger partial charge is 0.169 e. The number of carbonyl (C=O) groups is 1. The van der Waals surface area contributed by atoms with Gasteiger partial charge in [-0.05, 0) is 46.8 Å². The maximum atomic E-state index is 14.1. The summed E-state index contributed by atoms with van der Waals surface area (Å²) in [5.74, 6) is 2.07. The Morgan fingerprint density at radius 3 is 1.90 bits per heavy atom. The van der Waals surface area contributed by atoms with Gasteiger partial charge in [-0.3, -0.25) is 4.79 Å². The van der Waals surface area contributed by atoms with Gasteiger partial charge in [0.25, 0.3) is 0 Å². The summed E-state index contributed by atoms with van der Waals surface area (Å²) in [5.41, 5.74) is 3.90. The number of rotatable bonds is 10. The molecular formula is C36H41NO4. The van der Waals surface area contributed by atoms with E-state index in [4.69, 9.17) is 14.2 Å². The summed E-state index contributed by atoms with van der Waals surface area (Å²) in [6.07, 6.45) is 4.15. The molecule has 0 amide bonds. The third-order valence-corrected chi connectivity index (χ3v) is 9.77. The number of benzene rings is 3. The molecule has 1 aliphatic carbocycles. The minimum absolute atomic E-state index is 0.0141. The third kappa shape index (κ3) is 5.40. The third-order valence-electron chi connectivity index (χ3n) is 9.77. The number of Topliss-reactive ketones (excluding diaryl/α,β-unsaturated/α-hetero) is 1. The van der Waals surface area contributed by atoms with E-state index in [0.29, 0.717) is 30.6 Å². The maximum Gasteiger partial charge on any atom is 0.169 e. The average Bonchev–Trinajstić information content (AvgIpc) is 3.21. The molecule has 0 N–H and O–H groups in total.